The van der Waals surface area contributed by atoms with Gasteiger partial charge in [0.1, 0.15) is 0 Å². The molecule has 0 saturated heterocycles. The Morgan fingerprint density at radius 3 is 2.35 bits per heavy atom. The summed E-state index contributed by atoms with van der Waals surface area (Å²) in [7, 11) is 1.69. The lowest BCUT2D eigenvalue weighted by atomic mass is 9.77. The molecule has 1 aliphatic carbocycles. The number of hydrogen-bond donors (Lipinski definition) is 1. The Morgan fingerprint density at radius 1 is 1.05 bits per heavy atom. The molecule has 0 aliphatic heterocycles. The molecular weight excluding hydrogens is 254 g/mol. The molecule has 1 aliphatic rings. The van der Waals surface area contributed by atoms with E-state index in [2.05, 4.69) is 26.1 Å². The van der Waals surface area contributed by atoms with Crippen molar-refractivity contribution >= 4 is 0 Å². The van der Waals surface area contributed by atoms with Crippen LogP contribution in [0.15, 0.2) is 0 Å². The second-order valence-electron chi connectivity index (χ2n) is 6.77. The largest absolute Gasteiger partial charge is 0.382 e. The van der Waals surface area contributed by atoms with E-state index in [1.165, 1.54) is 19.3 Å². The van der Waals surface area contributed by atoms with Crippen LogP contribution in [-0.4, -0.2) is 51.2 Å². The molecule has 1 saturated carbocycles. The smallest absolute Gasteiger partial charge is 0.0700 e. The predicted octanol–water partition coefficient (Wildman–Crippen LogP) is 2.76. The minimum absolute atomic E-state index is 0.144. The second kappa shape index (κ2) is 8.98. The lowest BCUT2D eigenvalue weighted by Gasteiger charge is -2.42. The Morgan fingerprint density at radius 2 is 1.80 bits per heavy atom. The van der Waals surface area contributed by atoms with Crippen molar-refractivity contribution < 1.29 is 14.2 Å². The van der Waals surface area contributed by atoms with Gasteiger partial charge in [0.05, 0.1) is 18.8 Å². The lowest BCUT2D eigenvalue weighted by Crippen LogP contribution is -2.45. The molecule has 4 nitrogen and oxygen atoms in total. The first-order valence-electron chi connectivity index (χ1n) is 7.93. The Labute approximate surface area is 124 Å². The van der Waals surface area contributed by atoms with E-state index in [-0.39, 0.29) is 11.1 Å². The minimum Gasteiger partial charge on any atom is -0.382 e. The maximum Gasteiger partial charge on any atom is 0.0700 e. The summed E-state index contributed by atoms with van der Waals surface area (Å²) in [5.41, 5.74) is 0.338. The van der Waals surface area contributed by atoms with Crippen molar-refractivity contribution in [3.8, 4) is 0 Å². The van der Waals surface area contributed by atoms with Gasteiger partial charge < -0.3 is 19.5 Å². The Balaban J connectivity index is 2.06. The molecule has 0 amide bonds. The SMILES string of the molecule is COCCOCCCOC1(CCNC(C)(C)C)CCC1. The van der Waals surface area contributed by atoms with Crippen LogP contribution in [-0.2, 0) is 14.2 Å². The third-order valence-electron chi connectivity index (χ3n) is 3.77. The maximum atomic E-state index is 6.14. The first kappa shape index (κ1) is 17.9. The topological polar surface area (TPSA) is 39.7 Å². The van der Waals surface area contributed by atoms with Crippen LogP contribution < -0.4 is 5.32 Å². The van der Waals surface area contributed by atoms with Crippen molar-refractivity contribution in [2.75, 3.05) is 40.1 Å². The molecule has 1 fully saturated rings. The van der Waals surface area contributed by atoms with E-state index in [1.54, 1.807) is 7.11 Å². The summed E-state index contributed by atoms with van der Waals surface area (Å²) in [6.45, 7) is 10.6. The van der Waals surface area contributed by atoms with Gasteiger partial charge in [-0.1, -0.05) is 0 Å². The number of methoxy groups -OCH3 is 1. The zero-order valence-corrected chi connectivity index (χ0v) is 13.8. The van der Waals surface area contributed by atoms with Crippen molar-refractivity contribution in [1.82, 2.24) is 5.32 Å². The molecule has 0 aromatic rings. The highest BCUT2D eigenvalue weighted by Crippen LogP contribution is 2.38. The molecule has 0 spiro atoms. The summed E-state index contributed by atoms with van der Waals surface area (Å²) in [6.07, 6.45) is 5.82. The van der Waals surface area contributed by atoms with Gasteiger partial charge in [0.2, 0.25) is 0 Å². The lowest BCUT2D eigenvalue weighted by molar-refractivity contribution is -0.109. The second-order valence-corrected chi connectivity index (χ2v) is 6.77. The minimum atomic E-state index is 0.144. The summed E-state index contributed by atoms with van der Waals surface area (Å²) in [5.74, 6) is 0. The van der Waals surface area contributed by atoms with E-state index in [0.29, 0.717) is 13.2 Å². The maximum absolute atomic E-state index is 6.14. The molecule has 0 aromatic carbocycles. The molecule has 1 rings (SSSR count). The van der Waals surface area contributed by atoms with Crippen molar-refractivity contribution in [3.63, 3.8) is 0 Å². The van der Waals surface area contributed by atoms with Gasteiger partial charge in [0.15, 0.2) is 0 Å². The Bertz CT molecular complexity index is 247. The van der Waals surface area contributed by atoms with Gasteiger partial charge in [0.25, 0.3) is 0 Å². The van der Waals surface area contributed by atoms with Crippen LogP contribution >= 0.6 is 0 Å². The quantitative estimate of drug-likeness (QED) is 0.593. The van der Waals surface area contributed by atoms with E-state index in [1.807, 2.05) is 0 Å². The highest BCUT2D eigenvalue weighted by molar-refractivity contribution is 4.91. The summed E-state index contributed by atoms with van der Waals surface area (Å²) >= 11 is 0. The fourth-order valence-corrected chi connectivity index (χ4v) is 2.40. The Hall–Kier alpha value is -0.160. The van der Waals surface area contributed by atoms with Crippen LogP contribution in [0.5, 0.6) is 0 Å². The molecule has 0 bridgehead atoms. The van der Waals surface area contributed by atoms with Gasteiger partial charge in [-0.25, -0.2) is 0 Å². The molecule has 0 heterocycles. The zero-order valence-electron chi connectivity index (χ0n) is 13.8. The molecular formula is C16H33NO3. The number of nitrogens with one attached hydrogen (secondary N) is 1. The van der Waals surface area contributed by atoms with Gasteiger partial charge in [-0.2, -0.15) is 0 Å². The standard InChI is InChI=1S/C16H33NO3/c1-15(2,3)17-10-9-16(7-5-8-16)20-12-6-11-19-14-13-18-4/h17H,5-14H2,1-4H3. The molecule has 0 unspecified atom stereocenters. The fraction of sp³-hybridized carbons (Fsp3) is 1.00. The van der Waals surface area contributed by atoms with Gasteiger partial charge in [-0.05, 0) is 59.4 Å². The van der Waals surface area contributed by atoms with Gasteiger partial charge in [0, 0.05) is 25.9 Å². The number of rotatable bonds is 11. The Kier molecular flexibility index (Phi) is 8.03. The van der Waals surface area contributed by atoms with E-state index < -0.39 is 0 Å². The molecule has 120 valence electrons. The summed E-state index contributed by atoms with van der Waals surface area (Å²) in [4.78, 5) is 0. The van der Waals surface area contributed by atoms with E-state index in [4.69, 9.17) is 14.2 Å². The number of ether oxygens (including phenoxy) is 3. The molecule has 0 radical (unpaired) electrons. The molecule has 0 aromatic heterocycles. The zero-order chi connectivity index (χ0) is 14.9. The average molecular weight is 287 g/mol. The summed E-state index contributed by atoms with van der Waals surface area (Å²) in [5, 5.41) is 3.55. The van der Waals surface area contributed by atoms with Crippen LogP contribution in [0.3, 0.4) is 0 Å². The van der Waals surface area contributed by atoms with Crippen LogP contribution in [0.25, 0.3) is 0 Å². The molecule has 0 atom stereocenters. The fourth-order valence-electron chi connectivity index (χ4n) is 2.40. The van der Waals surface area contributed by atoms with Crippen molar-refractivity contribution in [2.45, 2.75) is 64.0 Å². The first-order chi connectivity index (χ1) is 9.47. The predicted molar refractivity (Wildman–Crippen MR) is 82.2 cm³/mol. The van der Waals surface area contributed by atoms with Crippen molar-refractivity contribution in [1.29, 1.82) is 0 Å². The van der Waals surface area contributed by atoms with Crippen LogP contribution in [0.1, 0.15) is 52.9 Å². The van der Waals surface area contributed by atoms with E-state index in [0.717, 1.165) is 32.6 Å². The van der Waals surface area contributed by atoms with E-state index >= 15 is 0 Å². The molecule has 4 heteroatoms. The first-order valence-corrected chi connectivity index (χ1v) is 7.93. The summed E-state index contributed by atoms with van der Waals surface area (Å²) < 4.78 is 16.5. The highest BCUT2D eigenvalue weighted by atomic mass is 16.5. The van der Waals surface area contributed by atoms with Gasteiger partial charge in [-0.15, -0.1) is 0 Å². The van der Waals surface area contributed by atoms with Crippen LogP contribution in [0.4, 0.5) is 0 Å². The third kappa shape index (κ3) is 7.58. The van der Waals surface area contributed by atoms with E-state index in [9.17, 15) is 0 Å². The van der Waals surface area contributed by atoms with Crippen LogP contribution in [0.2, 0.25) is 0 Å². The van der Waals surface area contributed by atoms with Crippen molar-refractivity contribution in [3.05, 3.63) is 0 Å². The monoisotopic (exact) mass is 287 g/mol. The van der Waals surface area contributed by atoms with Crippen LogP contribution in [0, 0.1) is 0 Å². The summed E-state index contributed by atoms with van der Waals surface area (Å²) in [6, 6.07) is 0. The van der Waals surface area contributed by atoms with Crippen molar-refractivity contribution in [2.24, 2.45) is 0 Å². The van der Waals surface area contributed by atoms with Gasteiger partial charge >= 0.3 is 0 Å². The van der Waals surface area contributed by atoms with Gasteiger partial charge in [-0.3, -0.25) is 0 Å². The third-order valence-corrected chi connectivity index (χ3v) is 3.77. The number of hydrogen-bond acceptors (Lipinski definition) is 4. The normalized spacial score (nSPS) is 18.0. The molecule has 1 N–H and O–H groups in total. The molecule has 20 heavy (non-hydrogen) atoms. The highest BCUT2D eigenvalue weighted by Gasteiger charge is 2.37. The average Bonchev–Trinajstić information content (AvgIpc) is 2.32.